The monoisotopic (exact) mass is 1100 g/mol. The molecule has 0 radical (unpaired) electrons. The van der Waals surface area contributed by atoms with Gasteiger partial charge >= 0.3 is 0 Å². The van der Waals surface area contributed by atoms with Crippen molar-refractivity contribution in [2.45, 2.75) is 131 Å². The van der Waals surface area contributed by atoms with Gasteiger partial charge in [-0.15, -0.1) is 0 Å². The minimum absolute atomic E-state index is 0.00121. The molecule has 2 heterocycles. The Hall–Kier alpha value is -6.49. The second-order valence-corrected chi connectivity index (χ2v) is 20.8. The number of nitrogens with two attached hydrogens (primary N) is 2. The fourth-order valence-corrected chi connectivity index (χ4v) is 11.9. The van der Waals surface area contributed by atoms with Crippen LogP contribution in [0.2, 0.25) is 0 Å². The molecule has 24 nitrogen and oxygen atoms in total. The molecule has 4 aromatic carbocycles. The summed E-state index contributed by atoms with van der Waals surface area (Å²) in [6, 6.07) is 6.56. The lowest BCUT2D eigenvalue weighted by molar-refractivity contribution is -0.250. The molecule has 0 saturated carbocycles. The van der Waals surface area contributed by atoms with E-state index in [-0.39, 0.29) is 87.7 Å². The van der Waals surface area contributed by atoms with Crippen LogP contribution in [0.4, 0.5) is 0 Å². The SMILES string of the molecule is CNC1CC(OC2CC(O)(C(N)CO)Cc3c(O)c4c(c(O)c32)C(=O)c2c(OC)cccc2C4=O)OC(C)C1O.COc1cccc2c1C(=O)c1c(O)c3c(c(O)c1C2=O)CC(O)(C(=O)CO)CC3OC1CC(N)C(O)C(C)O1. The zero-order valence-corrected chi connectivity index (χ0v) is 43.6. The number of ketones is 5. The van der Waals surface area contributed by atoms with Gasteiger partial charge in [0, 0.05) is 84.0 Å². The first-order chi connectivity index (χ1) is 37.4. The van der Waals surface area contributed by atoms with Crippen molar-refractivity contribution in [2.75, 3.05) is 34.5 Å². The minimum Gasteiger partial charge on any atom is -0.507 e. The molecule has 15 N–H and O–H groups in total. The third-order valence-corrected chi connectivity index (χ3v) is 16.2. The molecule has 2 saturated heterocycles. The van der Waals surface area contributed by atoms with E-state index >= 15 is 0 Å². The Morgan fingerprint density at radius 2 is 1.14 bits per heavy atom. The van der Waals surface area contributed by atoms with Crippen LogP contribution in [0.5, 0.6) is 34.5 Å². The predicted molar refractivity (Wildman–Crippen MR) is 271 cm³/mol. The summed E-state index contributed by atoms with van der Waals surface area (Å²) in [5, 5.41) is 111. The van der Waals surface area contributed by atoms with Crippen molar-refractivity contribution in [2.24, 2.45) is 11.5 Å². The molecule has 6 aliphatic rings. The van der Waals surface area contributed by atoms with Gasteiger partial charge in [0.05, 0.1) is 102 Å². The van der Waals surface area contributed by atoms with Gasteiger partial charge in [0.25, 0.3) is 0 Å². The van der Waals surface area contributed by atoms with Gasteiger partial charge in [-0.05, 0) is 33.0 Å². The fraction of sp³-hybridized carbons (Fsp3) is 0.473. The predicted octanol–water partition coefficient (Wildman–Crippen LogP) is 0.0215. The number of aliphatic hydroxyl groups is 6. The van der Waals surface area contributed by atoms with Gasteiger partial charge in [-0.1, -0.05) is 24.3 Å². The molecule has 13 unspecified atom stereocenters. The third-order valence-electron chi connectivity index (χ3n) is 16.2. The average Bonchev–Trinajstić information content (AvgIpc) is 3.61. The molecule has 2 fully saturated rings. The summed E-state index contributed by atoms with van der Waals surface area (Å²) in [6.07, 6.45) is -9.00. The first-order valence-corrected chi connectivity index (χ1v) is 25.5. The molecule has 10 rings (SSSR count). The maximum atomic E-state index is 13.7. The van der Waals surface area contributed by atoms with Crippen molar-refractivity contribution in [3.8, 4) is 34.5 Å². The van der Waals surface area contributed by atoms with E-state index in [2.05, 4.69) is 5.32 Å². The maximum absolute atomic E-state index is 13.7. The van der Waals surface area contributed by atoms with Crippen molar-refractivity contribution in [3.63, 3.8) is 0 Å². The number of aliphatic hydroxyl groups excluding tert-OH is 4. The lowest BCUT2D eigenvalue weighted by atomic mass is 9.71. The van der Waals surface area contributed by atoms with Gasteiger partial charge < -0.3 is 96.3 Å². The average molecular weight is 1100 g/mol. The molecule has 0 spiro atoms. The highest BCUT2D eigenvalue weighted by Gasteiger charge is 2.52. The number of hydrogen-bond acceptors (Lipinski definition) is 24. The van der Waals surface area contributed by atoms with E-state index in [1.807, 2.05) is 0 Å². The van der Waals surface area contributed by atoms with Crippen LogP contribution in [0.1, 0.15) is 138 Å². The van der Waals surface area contributed by atoms with Gasteiger partial charge in [-0.25, -0.2) is 0 Å². The number of carbonyl (C=O) groups is 5. The third kappa shape index (κ3) is 9.42. The zero-order chi connectivity index (χ0) is 57.5. The van der Waals surface area contributed by atoms with E-state index in [1.165, 1.54) is 50.6 Å². The van der Waals surface area contributed by atoms with Gasteiger partial charge in [0.2, 0.25) is 11.6 Å². The number of methoxy groups -OCH3 is 2. The van der Waals surface area contributed by atoms with E-state index in [4.69, 9.17) is 39.9 Å². The Labute approximate surface area is 451 Å². The summed E-state index contributed by atoms with van der Waals surface area (Å²) in [5.41, 5.74) is 5.78. The lowest BCUT2D eigenvalue weighted by Gasteiger charge is -2.44. The van der Waals surface area contributed by atoms with E-state index in [0.29, 0.717) is 0 Å². The Bertz CT molecular complexity index is 3150. The van der Waals surface area contributed by atoms with E-state index in [9.17, 15) is 75.0 Å². The Kier molecular flexibility index (Phi) is 15.6. The maximum Gasteiger partial charge on any atom is 0.202 e. The molecule has 0 aromatic heterocycles. The first-order valence-electron chi connectivity index (χ1n) is 25.5. The second-order valence-electron chi connectivity index (χ2n) is 20.8. The fourth-order valence-electron chi connectivity index (χ4n) is 11.9. The van der Waals surface area contributed by atoms with E-state index in [1.54, 1.807) is 20.9 Å². The molecule has 2 aliphatic heterocycles. The number of carbonyl (C=O) groups excluding carboxylic acids is 5. The van der Waals surface area contributed by atoms with Crippen LogP contribution >= 0.6 is 0 Å². The van der Waals surface area contributed by atoms with Crippen molar-refractivity contribution in [3.05, 3.63) is 103 Å². The van der Waals surface area contributed by atoms with Gasteiger partial charge in [-0.2, -0.15) is 0 Å². The van der Waals surface area contributed by atoms with Gasteiger partial charge in [-0.3, -0.25) is 24.0 Å². The van der Waals surface area contributed by atoms with Gasteiger partial charge in [0.1, 0.15) is 46.7 Å². The van der Waals surface area contributed by atoms with Crippen LogP contribution in [-0.4, -0.2) is 181 Å². The van der Waals surface area contributed by atoms with Crippen LogP contribution < -0.4 is 26.3 Å². The summed E-state index contributed by atoms with van der Waals surface area (Å²) >= 11 is 0. The largest absolute Gasteiger partial charge is 0.507 e. The number of phenols is 4. The first kappa shape index (κ1) is 57.2. The van der Waals surface area contributed by atoms with Crippen molar-refractivity contribution in [1.29, 1.82) is 0 Å². The van der Waals surface area contributed by atoms with Crippen LogP contribution in [0.15, 0.2) is 36.4 Å². The van der Waals surface area contributed by atoms with Crippen LogP contribution in [0, 0.1) is 0 Å². The zero-order valence-electron chi connectivity index (χ0n) is 43.6. The number of Topliss-reactive ketones (excluding diaryl/α,β-unsaturated/α-hetero) is 1. The molecule has 4 aliphatic carbocycles. The molecule has 24 heteroatoms. The molecular weight excluding hydrogens is 1040 g/mol. The van der Waals surface area contributed by atoms with E-state index in [0.717, 1.165) is 0 Å². The number of ether oxygens (including phenoxy) is 6. The number of benzene rings is 4. The Morgan fingerprint density at radius 3 is 1.59 bits per heavy atom. The smallest absolute Gasteiger partial charge is 0.202 e. The van der Waals surface area contributed by atoms with Crippen molar-refractivity contribution in [1.82, 2.24) is 5.32 Å². The van der Waals surface area contributed by atoms with E-state index < -0.39 is 173 Å². The summed E-state index contributed by atoms with van der Waals surface area (Å²) in [6.45, 7) is 1.64. The van der Waals surface area contributed by atoms with Gasteiger partial charge in [0.15, 0.2) is 29.9 Å². The highest BCUT2D eigenvalue weighted by Crippen LogP contribution is 2.55. The Balaban J connectivity index is 0.000000192. The topological polar surface area (TPSA) is 407 Å². The molecule has 0 amide bonds. The normalized spacial score (nSPS) is 30.1. The molecule has 0 bridgehead atoms. The number of phenolic OH excluding ortho intramolecular Hbond substituents is 4. The number of aromatic hydroxyl groups is 4. The molecule has 424 valence electrons. The summed E-state index contributed by atoms with van der Waals surface area (Å²) in [7, 11) is 4.36. The Morgan fingerprint density at radius 1 is 0.684 bits per heavy atom. The molecular formula is C55H63N3O21. The molecule has 4 aromatic rings. The quantitative estimate of drug-likeness (QED) is 0.0761. The summed E-state index contributed by atoms with van der Waals surface area (Å²) < 4.78 is 34.4. The van der Waals surface area contributed by atoms with Crippen LogP contribution in [0.3, 0.4) is 0 Å². The number of nitrogens with one attached hydrogen (secondary N) is 1. The van der Waals surface area contributed by atoms with Crippen molar-refractivity contribution >= 4 is 28.9 Å². The number of rotatable bonds is 11. The molecule has 13 atom stereocenters. The number of fused-ring (bicyclic) bond motifs is 6. The highest BCUT2D eigenvalue weighted by atomic mass is 16.7. The summed E-state index contributed by atoms with van der Waals surface area (Å²) in [4.78, 5) is 67.0. The van der Waals surface area contributed by atoms with Crippen LogP contribution in [0.25, 0.3) is 0 Å². The summed E-state index contributed by atoms with van der Waals surface area (Å²) in [5.74, 6) is -6.22. The number of hydrogen-bond donors (Lipinski definition) is 13. The second kappa shape index (κ2) is 21.5. The lowest BCUT2D eigenvalue weighted by Crippen LogP contribution is -2.56. The minimum atomic E-state index is -2.24. The highest BCUT2D eigenvalue weighted by molar-refractivity contribution is 6.32. The van der Waals surface area contributed by atoms with Crippen LogP contribution in [-0.2, 0) is 36.6 Å². The van der Waals surface area contributed by atoms with Crippen molar-refractivity contribution < 1.29 is 103 Å². The molecule has 79 heavy (non-hydrogen) atoms. The number of likely N-dealkylation sites (N-methyl/N-ethyl adjacent to an activating group) is 1. The standard InChI is InChI=1S/C28H34N2O10.C27H29NO11/c1-11-23(32)14(30-2)7-18(39-11)40-16-9-28(37,17(29)10-31)8-13-20(16)27(36)22-21(25(13)34)24(33)12-5-4-6-15(38-3)19(12)26(22)35;1-10-22(31)13(28)6-17(38-10)39-15-8-27(36,16(30)9-29)7-12-19(15)26(35)21-20(24(12)33)23(32)11-4-3-5-14(37-2)18(11)25(21)34/h4-6,11,14,16-18,23,30-32,34,36-37H,7-10,29H2,1-3H3;3-5,10,13,15,17,22,29,31,33,35-36H,6-9,28H2,1-2H3.